The number of aliphatic hydroxyl groups is 3. The molecule has 4 aliphatic carbocycles. The van der Waals surface area contributed by atoms with Crippen LogP contribution in [0.3, 0.4) is 0 Å². The van der Waals surface area contributed by atoms with Crippen molar-refractivity contribution in [3.63, 3.8) is 0 Å². The lowest BCUT2D eigenvalue weighted by molar-refractivity contribution is -0.215. The first-order valence-electron chi connectivity index (χ1n) is 12.7. The molecule has 0 saturated heterocycles. The van der Waals surface area contributed by atoms with Crippen molar-refractivity contribution < 1.29 is 30.0 Å². The zero-order chi connectivity index (χ0) is 23.6. The van der Waals surface area contributed by atoms with Crippen molar-refractivity contribution in [3.8, 4) is 0 Å². The van der Waals surface area contributed by atoms with Gasteiger partial charge in [0.2, 0.25) is 0 Å². The smallest absolute Gasteiger partial charge is 0.303 e. The number of hydrogen-bond acceptors (Lipinski definition) is 5. The average molecular weight is 451 g/mol. The molecule has 11 unspecified atom stereocenters. The van der Waals surface area contributed by atoms with E-state index < -0.39 is 23.8 Å². The number of carboxylic acids is 1. The molecule has 4 saturated carbocycles. The van der Waals surface area contributed by atoms with E-state index >= 15 is 0 Å². The summed E-state index contributed by atoms with van der Waals surface area (Å²) >= 11 is 0. The predicted octanol–water partition coefficient (Wildman–Crippen LogP) is 3.41. The first kappa shape index (κ1) is 24.2. The van der Waals surface area contributed by atoms with Crippen LogP contribution in [0.1, 0.15) is 85.5 Å². The lowest BCUT2D eigenvalue weighted by Gasteiger charge is -2.64. The van der Waals surface area contributed by atoms with Gasteiger partial charge in [-0.15, -0.1) is 0 Å². The second kappa shape index (κ2) is 8.06. The van der Waals surface area contributed by atoms with Gasteiger partial charge in [-0.2, -0.15) is 0 Å². The molecule has 0 radical (unpaired) electrons. The topological polar surface area (TPSA) is 115 Å². The molecular formula is C26H42O6. The molecule has 0 aliphatic heterocycles. The van der Waals surface area contributed by atoms with E-state index in [1.54, 1.807) is 0 Å². The minimum atomic E-state index is -1.28. The van der Waals surface area contributed by atoms with Crippen molar-refractivity contribution in [2.75, 3.05) is 0 Å². The summed E-state index contributed by atoms with van der Waals surface area (Å²) in [5, 5.41) is 43.0. The zero-order valence-electron chi connectivity index (χ0n) is 20.1. The first-order chi connectivity index (χ1) is 14.8. The number of hydrogen-bond donors (Lipinski definition) is 4. The summed E-state index contributed by atoms with van der Waals surface area (Å²) in [6, 6.07) is 0. The normalized spacial score (nSPS) is 51.3. The molecule has 32 heavy (non-hydrogen) atoms. The van der Waals surface area contributed by atoms with Gasteiger partial charge in [0.05, 0.1) is 12.2 Å². The standard InChI is InChI=1S/C26H42O6/c1-14(5-8-22(30)31)17-6-7-18-23-19(12-21(29)25(17,18)4)24(3)9-10-26(32,15(2)27)13-16(24)11-20(23)28/h14,16-21,23,28-29,32H,5-13H2,1-4H3,(H,30,31). The fraction of sp³-hybridized carbons (Fsp3) is 0.923. The van der Waals surface area contributed by atoms with Crippen LogP contribution >= 0.6 is 0 Å². The zero-order valence-corrected chi connectivity index (χ0v) is 20.1. The Kier molecular flexibility index (Phi) is 6.08. The second-order valence-corrected chi connectivity index (χ2v) is 12.3. The quantitative estimate of drug-likeness (QED) is 0.510. The third kappa shape index (κ3) is 3.47. The number of rotatable bonds is 5. The number of Topliss-reactive ketones (excluding diaryl/α,β-unsaturated/α-hetero) is 1. The number of fused-ring (bicyclic) bond motifs is 5. The van der Waals surface area contributed by atoms with Crippen molar-refractivity contribution in [1.82, 2.24) is 0 Å². The molecular weight excluding hydrogens is 408 g/mol. The van der Waals surface area contributed by atoms with Crippen LogP contribution in [0.2, 0.25) is 0 Å². The summed E-state index contributed by atoms with van der Waals surface area (Å²) < 4.78 is 0. The van der Waals surface area contributed by atoms with E-state index in [2.05, 4.69) is 20.8 Å². The Labute approximate surface area is 191 Å². The lowest BCUT2D eigenvalue weighted by atomic mass is 9.42. The molecule has 6 nitrogen and oxygen atoms in total. The monoisotopic (exact) mass is 450 g/mol. The maximum atomic E-state index is 12.1. The van der Waals surface area contributed by atoms with Crippen LogP contribution in [0.15, 0.2) is 0 Å². The van der Waals surface area contributed by atoms with E-state index in [-0.39, 0.29) is 58.5 Å². The molecule has 0 heterocycles. The second-order valence-electron chi connectivity index (χ2n) is 12.3. The van der Waals surface area contributed by atoms with Gasteiger partial charge in [0.25, 0.3) is 0 Å². The van der Waals surface area contributed by atoms with E-state index in [4.69, 9.17) is 5.11 Å². The number of aliphatic hydroxyl groups excluding tert-OH is 2. The lowest BCUT2D eigenvalue weighted by Crippen LogP contribution is -2.63. The third-order valence-corrected chi connectivity index (χ3v) is 11.1. The average Bonchev–Trinajstić information content (AvgIpc) is 3.07. The fourth-order valence-corrected chi connectivity index (χ4v) is 9.02. The van der Waals surface area contributed by atoms with Crippen molar-refractivity contribution in [1.29, 1.82) is 0 Å². The SMILES string of the molecule is CC(=O)C1(O)CCC2(C)C(CC(O)C3C2CC(O)C2(C)C(C(C)CCC(=O)O)CCC32)C1. The van der Waals surface area contributed by atoms with E-state index in [0.29, 0.717) is 32.1 Å². The summed E-state index contributed by atoms with van der Waals surface area (Å²) in [4.78, 5) is 23.2. The van der Waals surface area contributed by atoms with Gasteiger partial charge >= 0.3 is 5.97 Å². The Balaban J connectivity index is 1.61. The van der Waals surface area contributed by atoms with Crippen LogP contribution in [0.4, 0.5) is 0 Å². The van der Waals surface area contributed by atoms with Crippen LogP contribution in [0.5, 0.6) is 0 Å². The minimum absolute atomic E-state index is 0.0737. The fourth-order valence-electron chi connectivity index (χ4n) is 9.02. The Hall–Kier alpha value is -0.980. The van der Waals surface area contributed by atoms with Gasteiger partial charge in [-0.3, -0.25) is 9.59 Å². The molecule has 11 atom stereocenters. The van der Waals surface area contributed by atoms with E-state index in [0.717, 1.165) is 19.3 Å². The van der Waals surface area contributed by atoms with Crippen LogP contribution in [-0.2, 0) is 9.59 Å². The number of carbonyl (C=O) groups is 2. The maximum absolute atomic E-state index is 12.1. The molecule has 4 N–H and O–H groups in total. The Bertz CT molecular complexity index is 767. The molecule has 0 aromatic rings. The van der Waals surface area contributed by atoms with E-state index in [1.165, 1.54) is 6.92 Å². The molecule has 4 fully saturated rings. The number of ketones is 1. The van der Waals surface area contributed by atoms with Crippen molar-refractivity contribution in [2.24, 2.45) is 46.3 Å². The molecule has 0 spiro atoms. The molecule has 0 aromatic carbocycles. The minimum Gasteiger partial charge on any atom is -0.481 e. The Morgan fingerprint density at radius 2 is 1.75 bits per heavy atom. The highest BCUT2D eigenvalue weighted by atomic mass is 16.4. The molecule has 182 valence electrons. The van der Waals surface area contributed by atoms with Gasteiger partial charge in [-0.1, -0.05) is 20.8 Å². The van der Waals surface area contributed by atoms with Gasteiger partial charge in [-0.25, -0.2) is 0 Å². The summed E-state index contributed by atoms with van der Waals surface area (Å²) in [5.74, 6) is 0.108. The molecule has 6 heteroatoms. The summed E-state index contributed by atoms with van der Waals surface area (Å²) in [6.45, 7) is 8.03. The Morgan fingerprint density at radius 1 is 1.06 bits per heavy atom. The molecule has 0 aromatic heterocycles. The van der Waals surface area contributed by atoms with Gasteiger partial charge in [0, 0.05) is 6.42 Å². The van der Waals surface area contributed by atoms with Crippen molar-refractivity contribution >= 4 is 11.8 Å². The van der Waals surface area contributed by atoms with Gasteiger partial charge in [-0.05, 0) is 105 Å². The summed E-state index contributed by atoms with van der Waals surface area (Å²) in [7, 11) is 0. The molecule has 4 aliphatic rings. The van der Waals surface area contributed by atoms with Gasteiger partial charge in [0.15, 0.2) is 5.78 Å². The Morgan fingerprint density at radius 3 is 2.38 bits per heavy atom. The first-order valence-corrected chi connectivity index (χ1v) is 12.7. The summed E-state index contributed by atoms with van der Waals surface area (Å²) in [6.07, 6.45) is 4.60. The third-order valence-electron chi connectivity index (χ3n) is 11.1. The number of carboxylic acid groups (broad SMARTS) is 1. The largest absolute Gasteiger partial charge is 0.481 e. The maximum Gasteiger partial charge on any atom is 0.303 e. The van der Waals surface area contributed by atoms with Crippen LogP contribution in [0, 0.1) is 46.3 Å². The predicted molar refractivity (Wildman–Crippen MR) is 120 cm³/mol. The highest BCUT2D eigenvalue weighted by Gasteiger charge is 2.66. The highest BCUT2D eigenvalue weighted by molar-refractivity contribution is 5.84. The van der Waals surface area contributed by atoms with Crippen molar-refractivity contribution in [3.05, 3.63) is 0 Å². The van der Waals surface area contributed by atoms with Gasteiger partial charge in [0.1, 0.15) is 5.60 Å². The highest BCUT2D eigenvalue weighted by Crippen LogP contribution is 2.68. The molecule has 4 rings (SSSR count). The van der Waals surface area contributed by atoms with Crippen molar-refractivity contribution in [2.45, 2.75) is 103 Å². The molecule has 0 bridgehead atoms. The number of carbonyl (C=O) groups excluding carboxylic acids is 1. The van der Waals surface area contributed by atoms with E-state index in [9.17, 15) is 24.9 Å². The van der Waals surface area contributed by atoms with Gasteiger partial charge < -0.3 is 20.4 Å². The summed E-state index contributed by atoms with van der Waals surface area (Å²) in [5.41, 5.74) is -1.69. The number of aliphatic carboxylic acids is 1. The van der Waals surface area contributed by atoms with E-state index in [1.807, 2.05) is 0 Å². The van der Waals surface area contributed by atoms with Crippen LogP contribution in [-0.4, -0.2) is 50.0 Å². The van der Waals surface area contributed by atoms with Crippen LogP contribution in [0.25, 0.3) is 0 Å². The molecule has 0 amide bonds. The van der Waals surface area contributed by atoms with Crippen LogP contribution < -0.4 is 0 Å².